The first-order valence-electron chi connectivity index (χ1n) is 7.68. The highest BCUT2D eigenvalue weighted by Gasteiger charge is 2.08. The molecule has 110 valence electrons. The van der Waals surface area contributed by atoms with Crippen molar-refractivity contribution >= 4 is 0 Å². The molecule has 0 aromatic heterocycles. The molecule has 0 radical (unpaired) electrons. The largest absolute Gasteiger partial charge is 0.388 e. The van der Waals surface area contributed by atoms with Gasteiger partial charge < -0.3 is 5.11 Å². The Morgan fingerprint density at radius 1 is 1.10 bits per heavy atom. The SMILES string of the molecule is CCCC/C=C/C/C(C)=C(\C)CC(O)c1ccccc1. The predicted octanol–water partition coefficient (Wildman–Crippen LogP) is 5.58. The highest BCUT2D eigenvalue weighted by atomic mass is 16.3. The maximum atomic E-state index is 10.2. The van der Waals surface area contributed by atoms with E-state index in [1.54, 1.807) is 0 Å². The first-order valence-corrected chi connectivity index (χ1v) is 7.68. The van der Waals surface area contributed by atoms with Gasteiger partial charge in [0.2, 0.25) is 0 Å². The third-order valence-electron chi connectivity index (χ3n) is 3.73. The Morgan fingerprint density at radius 2 is 1.80 bits per heavy atom. The van der Waals surface area contributed by atoms with Crippen molar-refractivity contribution in [3.8, 4) is 0 Å². The van der Waals surface area contributed by atoms with Gasteiger partial charge in [-0.2, -0.15) is 0 Å². The summed E-state index contributed by atoms with van der Waals surface area (Å²) in [6.07, 6.45) is 9.55. The van der Waals surface area contributed by atoms with Crippen LogP contribution in [0.15, 0.2) is 53.6 Å². The van der Waals surface area contributed by atoms with Crippen LogP contribution in [-0.4, -0.2) is 5.11 Å². The molecule has 1 rings (SSSR count). The predicted molar refractivity (Wildman–Crippen MR) is 87.7 cm³/mol. The smallest absolute Gasteiger partial charge is 0.0827 e. The van der Waals surface area contributed by atoms with Crippen LogP contribution in [0, 0.1) is 0 Å². The molecule has 1 N–H and O–H groups in total. The minimum atomic E-state index is -0.393. The third kappa shape index (κ3) is 6.21. The van der Waals surface area contributed by atoms with E-state index >= 15 is 0 Å². The zero-order valence-corrected chi connectivity index (χ0v) is 13.1. The maximum Gasteiger partial charge on any atom is 0.0827 e. The van der Waals surface area contributed by atoms with Crippen molar-refractivity contribution in [3.05, 3.63) is 59.2 Å². The van der Waals surface area contributed by atoms with Crippen molar-refractivity contribution in [2.45, 2.75) is 59.0 Å². The van der Waals surface area contributed by atoms with Crippen LogP contribution in [0.3, 0.4) is 0 Å². The molecule has 0 fully saturated rings. The molecule has 0 saturated heterocycles. The lowest BCUT2D eigenvalue weighted by atomic mass is 9.98. The van der Waals surface area contributed by atoms with Gasteiger partial charge in [-0.3, -0.25) is 0 Å². The van der Waals surface area contributed by atoms with Crippen molar-refractivity contribution < 1.29 is 5.11 Å². The third-order valence-corrected chi connectivity index (χ3v) is 3.73. The van der Waals surface area contributed by atoms with Gasteiger partial charge in [0.1, 0.15) is 0 Å². The molecule has 1 unspecified atom stereocenters. The van der Waals surface area contributed by atoms with E-state index in [1.165, 1.54) is 30.4 Å². The van der Waals surface area contributed by atoms with E-state index < -0.39 is 6.10 Å². The van der Waals surface area contributed by atoms with E-state index in [4.69, 9.17) is 0 Å². The van der Waals surface area contributed by atoms with Crippen LogP contribution in [-0.2, 0) is 0 Å². The lowest BCUT2D eigenvalue weighted by molar-refractivity contribution is 0.178. The van der Waals surface area contributed by atoms with E-state index in [0.717, 1.165) is 18.4 Å². The van der Waals surface area contributed by atoms with Crippen LogP contribution in [0.5, 0.6) is 0 Å². The fraction of sp³-hybridized carbons (Fsp3) is 0.474. The lowest BCUT2D eigenvalue weighted by Gasteiger charge is -2.13. The van der Waals surface area contributed by atoms with Crippen molar-refractivity contribution in [2.75, 3.05) is 0 Å². The van der Waals surface area contributed by atoms with Gasteiger partial charge >= 0.3 is 0 Å². The molecule has 20 heavy (non-hydrogen) atoms. The second-order valence-electron chi connectivity index (χ2n) is 5.51. The molecular formula is C19H28O. The number of hydrogen-bond donors (Lipinski definition) is 1. The first kappa shape index (κ1) is 16.7. The Bertz CT molecular complexity index is 428. The Morgan fingerprint density at radius 3 is 2.45 bits per heavy atom. The molecule has 1 nitrogen and oxygen atoms in total. The Balaban J connectivity index is 2.48. The topological polar surface area (TPSA) is 20.2 Å². The quantitative estimate of drug-likeness (QED) is 0.483. The molecule has 0 saturated carbocycles. The summed E-state index contributed by atoms with van der Waals surface area (Å²) < 4.78 is 0. The molecule has 0 bridgehead atoms. The molecule has 0 aliphatic rings. The number of aliphatic hydroxyl groups is 1. The van der Waals surface area contributed by atoms with E-state index in [0.29, 0.717) is 0 Å². The molecule has 1 aromatic carbocycles. The normalized spacial score (nSPS) is 14.4. The monoisotopic (exact) mass is 272 g/mol. The molecule has 1 atom stereocenters. The average Bonchev–Trinajstić information content (AvgIpc) is 2.47. The summed E-state index contributed by atoms with van der Waals surface area (Å²) in [6, 6.07) is 9.89. The molecule has 0 aliphatic carbocycles. The van der Waals surface area contributed by atoms with Gasteiger partial charge in [-0.05, 0) is 38.7 Å². The number of allylic oxidation sites excluding steroid dienone is 3. The number of aliphatic hydroxyl groups excluding tert-OH is 1. The van der Waals surface area contributed by atoms with Gasteiger partial charge in [-0.25, -0.2) is 0 Å². The fourth-order valence-electron chi connectivity index (χ4n) is 2.13. The molecule has 1 heteroatoms. The van der Waals surface area contributed by atoms with Gasteiger partial charge in [-0.1, -0.05) is 73.4 Å². The highest BCUT2D eigenvalue weighted by molar-refractivity contribution is 5.21. The molecule has 0 heterocycles. The number of unbranched alkanes of at least 4 members (excludes halogenated alkanes) is 2. The van der Waals surface area contributed by atoms with Crippen molar-refractivity contribution in [2.24, 2.45) is 0 Å². The van der Waals surface area contributed by atoms with Gasteiger partial charge in [0.05, 0.1) is 6.10 Å². The first-order chi connectivity index (χ1) is 9.65. The zero-order chi connectivity index (χ0) is 14.8. The minimum absolute atomic E-state index is 0.393. The van der Waals surface area contributed by atoms with E-state index in [9.17, 15) is 5.11 Å². The van der Waals surface area contributed by atoms with E-state index in [1.807, 2.05) is 30.3 Å². The minimum Gasteiger partial charge on any atom is -0.388 e. The summed E-state index contributed by atoms with van der Waals surface area (Å²) in [5, 5.41) is 10.2. The van der Waals surface area contributed by atoms with Crippen LogP contribution in [0.1, 0.15) is 64.5 Å². The van der Waals surface area contributed by atoms with Crippen molar-refractivity contribution in [3.63, 3.8) is 0 Å². The summed E-state index contributed by atoms with van der Waals surface area (Å²) >= 11 is 0. The number of benzene rings is 1. The van der Waals surface area contributed by atoms with Gasteiger partial charge in [0, 0.05) is 0 Å². The molecular weight excluding hydrogens is 244 g/mol. The maximum absolute atomic E-state index is 10.2. The highest BCUT2D eigenvalue weighted by Crippen LogP contribution is 2.23. The molecule has 0 aliphatic heterocycles. The van der Waals surface area contributed by atoms with Gasteiger partial charge in [0.25, 0.3) is 0 Å². The summed E-state index contributed by atoms with van der Waals surface area (Å²) in [6.45, 7) is 6.51. The number of hydrogen-bond acceptors (Lipinski definition) is 1. The summed E-state index contributed by atoms with van der Waals surface area (Å²) in [5.41, 5.74) is 3.66. The summed E-state index contributed by atoms with van der Waals surface area (Å²) in [4.78, 5) is 0. The fourth-order valence-corrected chi connectivity index (χ4v) is 2.13. The van der Waals surface area contributed by atoms with Gasteiger partial charge in [-0.15, -0.1) is 0 Å². The van der Waals surface area contributed by atoms with Crippen LogP contribution in [0.2, 0.25) is 0 Å². The van der Waals surface area contributed by atoms with Crippen LogP contribution >= 0.6 is 0 Å². The summed E-state index contributed by atoms with van der Waals surface area (Å²) in [5.74, 6) is 0. The Kier molecular flexibility index (Phi) is 7.98. The second kappa shape index (κ2) is 9.55. The molecule has 0 spiro atoms. The zero-order valence-electron chi connectivity index (χ0n) is 13.1. The van der Waals surface area contributed by atoms with Crippen LogP contribution in [0.25, 0.3) is 0 Å². The molecule has 1 aromatic rings. The number of rotatable bonds is 8. The van der Waals surface area contributed by atoms with Crippen LogP contribution < -0.4 is 0 Å². The summed E-state index contributed by atoms with van der Waals surface area (Å²) in [7, 11) is 0. The second-order valence-corrected chi connectivity index (χ2v) is 5.51. The van der Waals surface area contributed by atoms with E-state index in [-0.39, 0.29) is 0 Å². The van der Waals surface area contributed by atoms with E-state index in [2.05, 4.69) is 32.9 Å². The lowest BCUT2D eigenvalue weighted by Crippen LogP contribution is -1.99. The van der Waals surface area contributed by atoms with Gasteiger partial charge in [0.15, 0.2) is 0 Å². The Labute approximate surface area is 124 Å². The van der Waals surface area contributed by atoms with Crippen molar-refractivity contribution in [1.82, 2.24) is 0 Å². The molecule has 0 amide bonds. The van der Waals surface area contributed by atoms with Crippen molar-refractivity contribution in [1.29, 1.82) is 0 Å². The average molecular weight is 272 g/mol. The Hall–Kier alpha value is -1.34. The van der Waals surface area contributed by atoms with Crippen LogP contribution in [0.4, 0.5) is 0 Å². The standard InChI is InChI=1S/C19H28O/c1-4-5-6-7-9-12-16(2)17(3)15-19(20)18-13-10-8-11-14-18/h7-11,13-14,19-20H,4-6,12,15H2,1-3H3/b9-7+,17-16+.